The van der Waals surface area contributed by atoms with Crippen LogP contribution < -0.4 is 11.1 Å². The molecule has 0 saturated carbocycles. The fourth-order valence-corrected chi connectivity index (χ4v) is 2.17. The third-order valence-corrected chi connectivity index (χ3v) is 3.31. The molecule has 0 bridgehead atoms. The number of hydrogen-bond acceptors (Lipinski definition) is 5. The minimum absolute atomic E-state index is 0.310. The quantitative estimate of drug-likeness (QED) is 0.657. The van der Waals surface area contributed by atoms with Gasteiger partial charge in [0.2, 0.25) is 0 Å². The van der Waals surface area contributed by atoms with E-state index < -0.39 is 5.97 Å². The minimum atomic E-state index is -0.500. The standard InChI is InChI=1S/C15H12BrN3O2/c1-21-15(20)12-7-11(18)3-5-14(12)19-13-4-2-10(16)6-9(13)8-17/h2-7,19H,18H2,1H3. The van der Waals surface area contributed by atoms with Crippen molar-refractivity contribution in [1.29, 1.82) is 5.26 Å². The molecule has 0 atom stereocenters. The molecular formula is C15H12BrN3O2. The van der Waals surface area contributed by atoms with Gasteiger partial charge in [-0.05, 0) is 36.4 Å². The Balaban J connectivity index is 2.45. The Morgan fingerprint density at radius 3 is 2.67 bits per heavy atom. The van der Waals surface area contributed by atoms with Crippen molar-refractivity contribution in [3.8, 4) is 6.07 Å². The normalized spacial score (nSPS) is 9.76. The Kier molecular flexibility index (Phi) is 4.45. The summed E-state index contributed by atoms with van der Waals surface area (Å²) in [5.41, 5.74) is 8.03. The molecule has 0 aliphatic heterocycles. The van der Waals surface area contributed by atoms with Crippen LogP contribution in [0, 0.1) is 11.3 Å². The number of nitrogens with two attached hydrogens (primary N) is 1. The number of halogens is 1. The zero-order valence-electron chi connectivity index (χ0n) is 11.2. The summed E-state index contributed by atoms with van der Waals surface area (Å²) in [6, 6.07) is 12.2. The largest absolute Gasteiger partial charge is 0.465 e. The highest BCUT2D eigenvalue weighted by Gasteiger charge is 2.13. The second-order valence-electron chi connectivity index (χ2n) is 4.22. The predicted molar refractivity (Wildman–Crippen MR) is 84.3 cm³/mol. The number of carbonyl (C=O) groups excluding carboxylic acids is 1. The zero-order valence-corrected chi connectivity index (χ0v) is 12.8. The van der Waals surface area contributed by atoms with E-state index in [2.05, 4.69) is 27.3 Å². The van der Waals surface area contributed by atoms with Crippen molar-refractivity contribution < 1.29 is 9.53 Å². The summed E-state index contributed by atoms with van der Waals surface area (Å²) < 4.78 is 5.54. The Morgan fingerprint density at radius 2 is 2.00 bits per heavy atom. The highest BCUT2D eigenvalue weighted by Crippen LogP contribution is 2.27. The van der Waals surface area contributed by atoms with Gasteiger partial charge in [0.05, 0.1) is 29.6 Å². The number of hydrogen-bond donors (Lipinski definition) is 2. The number of nitrogens with zero attached hydrogens (tertiary/aromatic N) is 1. The first-order valence-electron chi connectivity index (χ1n) is 5.99. The third-order valence-electron chi connectivity index (χ3n) is 2.82. The Labute approximate surface area is 130 Å². The number of benzene rings is 2. The second-order valence-corrected chi connectivity index (χ2v) is 5.14. The SMILES string of the molecule is COC(=O)c1cc(N)ccc1Nc1ccc(Br)cc1C#N. The van der Waals surface area contributed by atoms with Crippen LogP contribution in [0.1, 0.15) is 15.9 Å². The van der Waals surface area contributed by atoms with Crippen LogP contribution in [0.2, 0.25) is 0 Å². The summed E-state index contributed by atoms with van der Waals surface area (Å²) in [5, 5.41) is 12.2. The van der Waals surface area contributed by atoms with Gasteiger partial charge in [0, 0.05) is 10.2 Å². The van der Waals surface area contributed by atoms with Crippen molar-refractivity contribution in [1.82, 2.24) is 0 Å². The van der Waals surface area contributed by atoms with Gasteiger partial charge in [0.15, 0.2) is 0 Å². The van der Waals surface area contributed by atoms with Crippen LogP contribution in [0.4, 0.5) is 17.1 Å². The second kappa shape index (κ2) is 6.29. The van der Waals surface area contributed by atoms with Gasteiger partial charge in [-0.25, -0.2) is 4.79 Å². The lowest BCUT2D eigenvalue weighted by atomic mass is 10.1. The van der Waals surface area contributed by atoms with E-state index in [4.69, 9.17) is 15.7 Å². The Morgan fingerprint density at radius 1 is 1.29 bits per heavy atom. The number of nitrogen functional groups attached to an aromatic ring is 1. The van der Waals surface area contributed by atoms with E-state index in [1.807, 2.05) is 0 Å². The number of anilines is 3. The van der Waals surface area contributed by atoms with Crippen LogP contribution in [0.15, 0.2) is 40.9 Å². The molecule has 0 saturated heterocycles. The van der Waals surface area contributed by atoms with Gasteiger partial charge in [-0.15, -0.1) is 0 Å². The number of carbonyl (C=O) groups is 1. The van der Waals surface area contributed by atoms with E-state index in [0.717, 1.165) is 4.47 Å². The number of rotatable bonds is 3. The monoisotopic (exact) mass is 345 g/mol. The summed E-state index contributed by atoms with van der Waals surface area (Å²) in [6.07, 6.45) is 0. The molecule has 3 N–H and O–H groups in total. The summed E-state index contributed by atoms with van der Waals surface area (Å²) in [4.78, 5) is 11.8. The number of nitriles is 1. The lowest BCUT2D eigenvalue weighted by Gasteiger charge is -2.12. The van der Waals surface area contributed by atoms with E-state index in [1.165, 1.54) is 13.2 Å². The van der Waals surface area contributed by atoms with Gasteiger partial charge in [-0.2, -0.15) is 5.26 Å². The molecular weight excluding hydrogens is 334 g/mol. The Hall–Kier alpha value is -2.52. The van der Waals surface area contributed by atoms with Crippen LogP contribution in [-0.2, 0) is 4.74 Å². The zero-order chi connectivity index (χ0) is 15.4. The first-order chi connectivity index (χ1) is 10.0. The van der Waals surface area contributed by atoms with Crippen molar-refractivity contribution in [3.05, 3.63) is 52.0 Å². The number of nitrogens with one attached hydrogen (secondary N) is 1. The molecule has 0 heterocycles. The maximum Gasteiger partial charge on any atom is 0.340 e. The first-order valence-corrected chi connectivity index (χ1v) is 6.79. The third kappa shape index (κ3) is 3.33. The van der Waals surface area contributed by atoms with Crippen LogP contribution in [0.5, 0.6) is 0 Å². The fourth-order valence-electron chi connectivity index (χ4n) is 1.81. The van der Waals surface area contributed by atoms with E-state index in [1.54, 1.807) is 30.3 Å². The van der Waals surface area contributed by atoms with Gasteiger partial charge in [0.1, 0.15) is 6.07 Å². The Bertz CT molecular complexity index is 738. The molecule has 0 aliphatic carbocycles. The van der Waals surface area contributed by atoms with Crippen molar-refractivity contribution >= 4 is 39.0 Å². The van der Waals surface area contributed by atoms with Gasteiger partial charge in [-0.1, -0.05) is 15.9 Å². The molecule has 0 aromatic heterocycles. The molecule has 2 aromatic rings. The molecule has 0 amide bonds. The lowest BCUT2D eigenvalue weighted by molar-refractivity contribution is 0.0602. The molecule has 2 aromatic carbocycles. The summed E-state index contributed by atoms with van der Waals surface area (Å²) in [6.45, 7) is 0. The van der Waals surface area contributed by atoms with Crippen molar-refractivity contribution in [2.24, 2.45) is 0 Å². The number of ether oxygens (including phenoxy) is 1. The molecule has 0 fully saturated rings. The predicted octanol–water partition coefficient (Wildman–Crippen LogP) is 3.43. The molecule has 106 valence electrons. The number of methoxy groups -OCH3 is 1. The maximum absolute atomic E-state index is 11.8. The maximum atomic E-state index is 11.8. The van der Waals surface area contributed by atoms with Crippen LogP contribution in [0.3, 0.4) is 0 Å². The van der Waals surface area contributed by atoms with E-state index >= 15 is 0 Å². The van der Waals surface area contributed by atoms with Gasteiger partial charge in [0.25, 0.3) is 0 Å². The van der Waals surface area contributed by atoms with Crippen molar-refractivity contribution in [2.75, 3.05) is 18.2 Å². The van der Waals surface area contributed by atoms with Gasteiger partial charge in [-0.3, -0.25) is 0 Å². The lowest BCUT2D eigenvalue weighted by Crippen LogP contribution is -2.07. The molecule has 0 radical (unpaired) electrons. The topological polar surface area (TPSA) is 88.1 Å². The first kappa shape index (κ1) is 14.9. The van der Waals surface area contributed by atoms with Gasteiger partial charge < -0.3 is 15.8 Å². The van der Waals surface area contributed by atoms with Crippen molar-refractivity contribution in [3.63, 3.8) is 0 Å². The average Bonchev–Trinajstić information content (AvgIpc) is 2.49. The minimum Gasteiger partial charge on any atom is -0.465 e. The van der Waals surface area contributed by atoms with Crippen LogP contribution >= 0.6 is 15.9 Å². The molecule has 2 rings (SSSR count). The van der Waals surface area contributed by atoms with E-state index in [0.29, 0.717) is 28.2 Å². The molecule has 0 aliphatic rings. The summed E-state index contributed by atoms with van der Waals surface area (Å²) in [7, 11) is 1.30. The summed E-state index contributed by atoms with van der Waals surface area (Å²) >= 11 is 3.31. The fraction of sp³-hybridized carbons (Fsp3) is 0.0667. The molecule has 21 heavy (non-hydrogen) atoms. The van der Waals surface area contributed by atoms with E-state index in [9.17, 15) is 4.79 Å². The van der Waals surface area contributed by atoms with Gasteiger partial charge >= 0.3 is 5.97 Å². The molecule has 5 nitrogen and oxygen atoms in total. The highest BCUT2D eigenvalue weighted by atomic mass is 79.9. The molecule has 0 spiro atoms. The average molecular weight is 346 g/mol. The van der Waals surface area contributed by atoms with Crippen molar-refractivity contribution in [2.45, 2.75) is 0 Å². The molecule has 0 unspecified atom stereocenters. The van der Waals surface area contributed by atoms with Crippen LogP contribution in [0.25, 0.3) is 0 Å². The molecule has 6 heteroatoms. The van der Waals surface area contributed by atoms with Crippen LogP contribution in [-0.4, -0.2) is 13.1 Å². The summed E-state index contributed by atoms with van der Waals surface area (Å²) in [5.74, 6) is -0.500. The van der Waals surface area contributed by atoms with E-state index in [-0.39, 0.29) is 0 Å². The highest BCUT2D eigenvalue weighted by molar-refractivity contribution is 9.10. The smallest absolute Gasteiger partial charge is 0.340 e. The number of esters is 1.